The molecule has 1 aromatic carbocycles. The van der Waals surface area contributed by atoms with Crippen molar-refractivity contribution in [3.8, 4) is 0 Å². The van der Waals surface area contributed by atoms with Crippen molar-refractivity contribution in [3.05, 3.63) is 33.6 Å². The summed E-state index contributed by atoms with van der Waals surface area (Å²) in [5.74, 6) is -0.942. The molecule has 0 amide bonds. The summed E-state index contributed by atoms with van der Waals surface area (Å²) in [7, 11) is 2.03. The van der Waals surface area contributed by atoms with E-state index in [-0.39, 0.29) is 27.9 Å². The maximum absolute atomic E-state index is 13.7. The van der Waals surface area contributed by atoms with Gasteiger partial charge in [0.15, 0.2) is 5.78 Å². The van der Waals surface area contributed by atoms with Gasteiger partial charge in [0.25, 0.3) is 0 Å². The molecule has 0 unspecified atom stereocenters. The highest BCUT2D eigenvalue weighted by Crippen LogP contribution is 2.28. The van der Waals surface area contributed by atoms with Crippen molar-refractivity contribution in [2.75, 3.05) is 39.8 Å². The van der Waals surface area contributed by atoms with Gasteiger partial charge in [-0.1, -0.05) is 23.2 Å². The summed E-state index contributed by atoms with van der Waals surface area (Å²) in [6.45, 7) is 3.56. The van der Waals surface area contributed by atoms with Crippen LogP contribution in [0.1, 0.15) is 10.4 Å². The summed E-state index contributed by atoms with van der Waals surface area (Å²) < 4.78 is 13.7. The molecular weight excluding hydrogens is 290 g/mol. The number of carbonyl (C=O) groups excluding carboxylic acids is 1. The van der Waals surface area contributed by atoms with Crippen molar-refractivity contribution in [3.63, 3.8) is 0 Å². The van der Waals surface area contributed by atoms with E-state index in [9.17, 15) is 9.18 Å². The zero-order chi connectivity index (χ0) is 14.0. The summed E-state index contributed by atoms with van der Waals surface area (Å²) in [6, 6.07) is 2.53. The summed E-state index contributed by atoms with van der Waals surface area (Å²) in [6.07, 6.45) is 0. The molecule has 1 saturated heterocycles. The van der Waals surface area contributed by atoms with Crippen LogP contribution in [0.3, 0.4) is 0 Å². The Balaban J connectivity index is 2.10. The molecule has 0 bridgehead atoms. The number of carbonyl (C=O) groups is 1. The Hall–Kier alpha value is -0.680. The van der Waals surface area contributed by atoms with E-state index in [2.05, 4.69) is 4.90 Å². The number of rotatable bonds is 3. The summed E-state index contributed by atoms with van der Waals surface area (Å²) >= 11 is 11.7. The Labute approximate surface area is 121 Å². The molecule has 0 saturated carbocycles. The van der Waals surface area contributed by atoms with Crippen molar-refractivity contribution in [1.29, 1.82) is 0 Å². The number of hydrogen-bond donors (Lipinski definition) is 0. The van der Waals surface area contributed by atoms with Crippen molar-refractivity contribution in [2.45, 2.75) is 0 Å². The number of piperazine rings is 1. The predicted octanol–water partition coefficient (Wildman–Crippen LogP) is 2.56. The molecule has 0 spiro atoms. The number of nitrogens with zero attached hydrogens (tertiary/aromatic N) is 2. The topological polar surface area (TPSA) is 23.6 Å². The van der Waals surface area contributed by atoms with E-state index in [1.807, 2.05) is 11.9 Å². The first-order valence-corrected chi connectivity index (χ1v) is 6.82. The van der Waals surface area contributed by atoms with Crippen molar-refractivity contribution >= 4 is 29.0 Å². The van der Waals surface area contributed by atoms with Gasteiger partial charge in [0.05, 0.1) is 22.2 Å². The molecule has 1 fully saturated rings. The largest absolute Gasteiger partial charge is 0.304 e. The number of likely N-dealkylation sites (N-methyl/N-ethyl adjacent to an activating group) is 1. The van der Waals surface area contributed by atoms with E-state index in [1.54, 1.807) is 0 Å². The van der Waals surface area contributed by atoms with Crippen LogP contribution in [0, 0.1) is 5.82 Å². The SMILES string of the molecule is CN1CCN(CC(=O)c2c(F)ccc(Cl)c2Cl)CC1. The van der Waals surface area contributed by atoms with E-state index in [4.69, 9.17) is 23.2 Å². The number of halogens is 3. The molecule has 1 aliphatic heterocycles. The lowest BCUT2D eigenvalue weighted by molar-refractivity contribution is 0.0872. The molecule has 0 aromatic heterocycles. The molecule has 0 N–H and O–H groups in total. The number of ketones is 1. The maximum atomic E-state index is 13.7. The van der Waals surface area contributed by atoms with Gasteiger partial charge >= 0.3 is 0 Å². The van der Waals surface area contributed by atoms with Crippen molar-refractivity contribution in [2.24, 2.45) is 0 Å². The standard InChI is InChI=1S/C13H15Cl2FN2O/c1-17-4-6-18(7-5-17)8-11(19)12-10(16)3-2-9(14)13(12)15/h2-3H,4-8H2,1H3. The average Bonchev–Trinajstić information content (AvgIpc) is 2.37. The second kappa shape index (κ2) is 6.18. The van der Waals surface area contributed by atoms with E-state index >= 15 is 0 Å². The Morgan fingerprint density at radius 1 is 1.26 bits per heavy atom. The van der Waals surface area contributed by atoms with E-state index < -0.39 is 5.82 Å². The molecule has 0 atom stereocenters. The Kier molecular flexibility index (Phi) is 4.79. The van der Waals surface area contributed by atoms with Crippen molar-refractivity contribution in [1.82, 2.24) is 9.80 Å². The minimum absolute atomic E-state index is 0.000735. The molecule has 1 heterocycles. The highest BCUT2D eigenvalue weighted by molar-refractivity contribution is 6.44. The Morgan fingerprint density at radius 3 is 2.53 bits per heavy atom. The van der Waals surface area contributed by atoms with E-state index in [0.29, 0.717) is 0 Å². The third-order valence-corrected chi connectivity index (χ3v) is 4.09. The lowest BCUT2D eigenvalue weighted by Gasteiger charge is -2.31. The van der Waals surface area contributed by atoms with Gasteiger partial charge in [0.1, 0.15) is 5.82 Å². The average molecular weight is 305 g/mol. The molecule has 1 aromatic rings. The van der Waals surface area contributed by atoms with E-state index in [0.717, 1.165) is 26.2 Å². The molecule has 104 valence electrons. The van der Waals surface area contributed by atoms with Crippen LogP contribution in [0.2, 0.25) is 10.0 Å². The second-order valence-electron chi connectivity index (χ2n) is 4.72. The minimum Gasteiger partial charge on any atom is -0.304 e. The lowest BCUT2D eigenvalue weighted by Crippen LogP contribution is -2.46. The molecular formula is C13H15Cl2FN2O. The van der Waals surface area contributed by atoms with Gasteiger partial charge in [-0.05, 0) is 19.2 Å². The molecule has 0 aliphatic carbocycles. The van der Waals surface area contributed by atoms with Crippen molar-refractivity contribution < 1.29 is 9.18 Å². The highest BCUT2D eigenvalue weighted by atomic mass is 35.5. The third kappa shape index (κ3) is 3.45. The van der Waals surface area contributed by atoms with Crippen LogP contribution in [0.25, 0.3) is 0 Å². The fourth-order valence-corrected chi connectivity index (χ4v) is 2.49. The molecule has 0 radical (unpaired) electrons. The van der Waals surface area contributed by atoms with Gasteiger partial charge in [0, 0.05) is 26.2 Å². The van der Waals surface area contributed by atoms with Gasteiger partial charge in [-0.25, -0.2) is 4.39 Å². The number of benzene rings is 1. The van der Waals surface area contributed by atoms with Gasteiger partial charge in [-0.2, -0.15) is 0 Å². The molecule has 2 rings (SSSR count). The summed E-state index contributed by atoms with van der Waals surface area (Å²) in [5, 5.41) is 0.200. The first-order chi connectivity index (χ1) is 8.99. The first-order valence-electron chi connectivity index (χ1n) is 6.06. The van der Waals surface area contributed by atoms with Crippen LogP contribution in [0.4, 0.5) is 4.39 Å². The zero-order valence-corrected chi connectivity index (χ0v) is 12.1. The molecule has 3 nitrogen and oxygen atoms in total. The smallest absolute Gasteiger partial charge is 0.181 e. The molecule has 1 aliphatic rings. The van der Waals surface area contributed by atoms with Crippen LogP contribution in [-0.4, -0.2) is 55.4 Å². The second-order valence-corrected chi connectivity index (χ2v) is 5.51. The Bertz CT molecular complexity index is 488. The number of Topliss-reactive ketones (excluding diaryl/α,β-unsaturated/α-hetero) is 1. The van der Waals surface area contributed by atoms with Crippen LogP contribution < -0.4 is 0 Å². The fraction of sp³-hybridized carbons (Fsp3) is 0.462. The third-order valence-electron chi connectivity index (χ3n) is 3.29. The maximum Gasteiger partial charge on any atom is 0.181 e. The van der Waals surface area contributed by atoms with Gasteiger partial charge in [0.2, 0.25) is 0 Å². The van der Waals surface area contributed by atoms with Gasteiger partial charge in [-0.3, -0.25) is 9.69 Å². The summed E-state index contributed by atoms with van der Waals surface area (Å²) in [4.78, 5) is 16.3. The van der Waals surface area contributed by atoms with Crippen LogP contribution >= 0.6 is 23.2 Å². The lowest BCUT2D eigenvalue weighted by atomic mass is 10.1. The highest BCUT2D eigenvalue weighted by Gasteiger charge is 2.22. The van der Waals surface area contributed by atoms with E-state index in [1.165, 1.54) is 12.1 Å². The minimum atomic E-state index is -0.617. The number of hydrogen-bond acceptors (Lipinski definition) is 3. The predicted molar refractivity (Wildman–Crippen MR) is 74.7 cm³/mol. The normalized spacial score (nSPS) is 17.7. The van der Waals surface area contributed by atoms with Crippen LogP contribution in [0.5, 0.6) is 0 Å². The van der Waals surface area contributed by atoms with Gasteiger partial charge in [-0.15, -0.1) is 0 Å². The monoisotopic (exact) mass is 304 g/mol. The first kappa shape index (κ1) is 14.7. The molecule has 19 heavy (non-hydrogen) atoms. The zero-order valence-electron chi connectivity index (χ0n) is 10.6. The molecule has 6 heteroatoms. The van der Waals surface area contributed by atoms with Crippen LogP contribution in [0.15, 0.2) is 12.1 Å². The van der Waals surface area contributed by atoms with Gasteiger partial charge < -0.3 is 4.90 Å². The van der Waals surface area contributed by atoms with Crippen LogP contribution in [-0.2, 0) is 0 Å². The fourth-order valence-electron chi connectivity index (χ4n) is 2.07. The quantitative estimate of drug-likeness (QED) is 0.633. The Morgan fingerprint density at radius 2 is 1.89 bits per heavy atom. The summed E-state index contributed by atoms with van der Waals surface area (Å²) in [5.41, 5.74) is -0.104.